The highest BCUT2D eigenvalue weighted by molar-refractivity contribution is 8.00. The van der Waals surface area contributed by atoms with Crippen LogP contribution < -0.4 is 5.32 Å². The van der Waals surface area contributed by atoms with Gasteiger partial charge < -0.3 is 5.32 Å². The van der Waals surface area contributed by atoms with Crippen LogP contribution in [0.3, 0.4) is 0 Å². The quantitative estimate of drug-likeness (QED) is 0.700. The average molecular weight is 271 g/mol. The van der Waals surface area contributed by atoms with Crippen molar-refractivity contribution in [1.29, 1.82) is 0 Å². The van der Waals surface area contributed by atoms with E-state index in [0.29, 0.717) is 12.5 Å². The molecule has 0 aliphatic rings. The number of hydrogen-bond donors (Lipinski definition) is 1. The number of alkyl halides is 3. The van der Waals surface area contributed by atoms with Gasteiger partial charge in [0.15, 0.2) is 0 Å². The van der Waals surface area contributed by atoms with Gasteiger partial charge in [-0.3, -0.25) is 0 Å². The number of nitrogens with one attached hydrogen (secondary N) is 1. The Morgan fingerprint density at radius 1 is 1.18 bits per heavy atom. The molecule has 0 aliphatic carbocycles. The second kappa shape index (κ2) is 7.52. The zero-order valence-electron chi connectivity index (χ0n) is 11.2. The monoisotopic (exact) mass is 271 g/mol. The van der Waals surface area contributed by atoms with Crippen LogP contribution in [0.2, 0.25) is 0 Å². The maximum atomic E-state index is 12.1. The van der Waals surface area contributed by atoms with Crippen LogP contribution in [0.25, 0.3) is 0 Å². The highest BCUT2D eigenvalue weighted by Gasteiger charge is 2.30. The van der Waals surface area contributed by atoms with Crippen LogP contribution in [-0.4, -0.2) is 23.8 Å². The average Bonchev–Trinajstić information content (AvgIpc) is 2.13. The van der Waals surface area contributed by atoms with E-state index in [9.17, 15) is 13.2 Å². The summed E-state index contributed by atoms with van der Waals surface area (Å²) in [6.45, 7) is 9.04. The molecule has 0 saturated carbocycles. The van der Waals surface area contributed by atoms with E-state index >= 15 is 0 Å². The molecule has 1 N–H and O–H groups in total. The highest BCUT2D eigenvalue weighted by atomic mass is 32.2. The summed E-state index contributed by atoms with van der Waals surface area (Å²) in [5, 5.41) is 3.33. The molecular weight excluding hydrogens is 247 g/mol. The van der Waals surface area contributed by atoms with Gasteiger partial charge in [-0.1, -0.05) is 45.9 Å². The Morgan fingerprint density at radius 2 is 1.76 bits per heavy atom. The summed E-state index contributed by atoms with van der Waals surface area (Å²) in [6, 6.07) is 0.376. The topological polar surface area (TPSA) is 12.0 Å². The zero-order valence-corrected chi connectivity index (χ0v) is 12.0. The molecule has 104 valence electrons. The predicted octanol–water partition coefficient (Wildman–Crippen LogP) is 4.43. The lowest BCUT2D eigenvalue weighted by molar-refractivity contribution is -0.0329. The van der Waals surface area contributed by atoms with E-state index < -0.39 is 5.51 Å². The molecule has 0 saturated heterocycles. The Bertz CT molecular complexity index is 206. The molecule has 1 atom stereocenters. The lowest BCUT2D eigenvalue weighted by Crippen LogP contribution is -2.36. The first-order valence-corrected chi connectivity index (χ1v) is 7.11. The minimum atomic E-state index is -4.10. The molecular formula is C12H24F3NS. The third-order valence-corrected chi connectivity index (χ3v) is 3.50. The van der Waals surface area contributed by atoms with Crippen LogP contribution >= 0.6 is 11.8 Å². The Labute approximate surface area is 107 Å². The van der Waals surface area contributed by atoms with Crippen molar-refractivity contribution in [3.05, 3.63) is 0 Å². The van der Waals surface area contributed by atoms with Crippen molar-refractivity contribution in [3.8, 4) is 0 Å². The van der Waals surface area contributed by atoms with E-state index in [-0.39, 0.29) is 22.9 Å². The van der Waals surface area contributed by atoms with Crippen LogP contribution in [0.5, 0.6) is 0 Å². The molecule has 0 rings (SSSR count). The van der Waals surface area contributed by atoms with Gasteiger partial charge in [-0.25, -0.2) is 0 Å². The largest absolute Gasteiger partial charge is 0.441 e. The molecule has 0 aliphatic heterocycles. The van der Waals surface area contributed by atoms with Gasteiger partial charge in [-0.15, -0.1) is 0 Å². The van der Waals surface area contributed by atoms with Gasteiger partial charge in [0.2, 0.25) is 0 Å². The summed E-state index contributed by atoms with van der Waals surface area (Å²) < 4.78 is 36.2. The Kier molecular flexibility index (Phi) is 7.56. The molecule has 0 fully saturated rings. The molecule has 0 radical (unpaired) electrons. The number of hydrogen-bond acceptors (Lipinski definition) is 2. The maximum absolute atomic E-state index is 12.1. The Hall–Kier alpha value is 0.1000. The molecule has 1 unspecified atom stereocenters. The van der Waals surface area contributed by atoms with Crippen LogP contribution in [0.15, 0.2) is 0 Å². The first kappa shape index (κ1) is 17.1. The lowest BCUT2D eigenvalue weighted by atomic mass is 9.82. The van der Waals surface area contributed by atoms with Gasteiger partial charge in [0.1, 0.15) is 0 Å². The van der Waals surface area contributed by atoms with E-state index in [1.165, 1.54) is 0 Å². The molecule has 17 heavy (non-hydrogen) atoms. The third-order valence-electron chi connectivity index (χ3n) is 2.76. The van der Waals surface area contributed by atoms with Gasteiger partial charge in [0.05, 0.1) is 0 Å². The predicted molar refractivity (Wildman–Crippen MR) is 69.3 cm³/mol. The Morgan fingerprint density at radius 3 is 2.18 bits per heavy atom. The maximum Gasteiger partial charge on any atom is 0.441 e. The van der Waals surface area contributed by atoms with Gasteiger partial charge in [-0.05, 0) is 18.3 Å². The van der Waals surface area contributed by atoms with Crippen molar-refractivity contribution in [2.24, 2.45) is 5.41 Å². The Balaban J connectivity index is 4.11. The molecule has 0 amide bonds. The van der Waals surface area contributed by atoms with E-state index in [4.69, 9.17) is 0 Å². The lowest BCUT2D eigenvalue weighted by Gasteiger charge is -2.30. The zero-order chi connectivity index (χ0) is 13.5. The van der Waals surface area contributed by atoms with Crippen molar-refractivity contribution in [2.75, 3.05) is 12.3 Å². The van der Waals surface area contributed by atoms with Gasteiger partial charge in [0.25, 0.3) is 0 Å². The molecule has 0 spiro atoms. The molecule has 0 bridgehead atoms. The summed E-state index contributed by atoms with van der Waals surface area (Å²) in [7, 11) is 0. The fourth-order valence-electron chi connectivity index (χ4n) is 1.77. The second-order valence-corrected chi connectivity index (χ2v) is 6.30. The van der Waals surface area contributed by atoms with E-state index in [0.717, 1.165) is 19.4 Å². The first-order chi connectivity index (χ1) is 7.68. The van der Waals surface area contributed by atoms with Crippen LogP contribution in [0, 0.1) is 5.41 Å². The highest BCUT2D eigenvalue weighted by Crippen LogP contribution is 2.35. The number of halogens is 3. The normalized spacial score (nSPS) is 16.2. The van der Waals surface area contributed by atoms with Crippen molar-refractivity contribution in [3.63, 3.8) is 0 Å². The molecule has 0 aromatic rings. The van der Waals surface area contributed by atoms with Gasteiger partial charge in [-0.2, -0.15) is 13.2 Å². The van der Waals surface area contributed by atoms with Crippen LogP contribution in [0.1, 0.15) is 47.0 Å². The molecule has 0 aromatic carbocycles. The molecule has 1 nitrogen and oxygen atoms in total. The minimum Gasteiger partial charge on any atom is -0.314 e. The van der Waals surface area contributed by atoms with Gasteiger partial charge in [0, 0.05) is 18.3 Å². The summed E-state index contributed by atoms with van der Waals surface area (Å²) >= 11 is 0.0928. The van der Waals surface area contributed by atoms with Crippen molar-refractivity contribution in [1.82, 2.24) is 5.32 Å². The van der Waals surface area contributed by atoms with Crippen molar-refractivity contribution >= 4 is 11.8 Å². The fourth-order valence-corrected chi connectivity index (χ4v) is 2.60. The molecule has 0 aromatic heterocycles. The third kappa shape index (κ3) is 9.77. The smallest absolute Gasteiger partial charge is 0.314 e. The summed E-state index contributed by atoms with van der Waals surface area (Å²) in [6.07, 6.45) is 2.57. The van der Waals surface area contributed by atoms with Crippen LogP contribution in [-0.2, 0) is 0 Å². The number of rotatable bonds is 8. The summed E-state index contributed by atoms with van der Waals surface area (Å²) in [4.78, 5) is 0. The van der Waals surface area contributed by atoms with Crippen molar-refractivity contribution in [2.45, 2.75) is 58.5 Å². The number of thioether (sulfide) groups is 1. The van der Waals surface area contributed by atoms with Crippen molar-refractivity contribution < 1.29 is 13.2 Å². The summed E-state index contributed by atoms with van der Waals surface area (Å²) in [5.41, 5.74) is -4.13. The van der Waals surface area contributed by atoms with E-state index in [2.05, 4.69) is 33.0 Å². The molecule has 0 heterocycles. The SMILES string of the molecule is CCCC(C)(CCSC(F)(F)F)CNC(C)C. The van der Waals surface area contributed by atoms with E-state index in [1.54, 1.807) is 0 Å². The van der Waals surface area contributed by atoms with E-state index in [1.807, 2.05) is 0 Å². The standard InChI is InChI=1S/C12H24F3NS/c1-5-6-11(4,9-16-10(2)3)7-8-17-12(13,14)15/h10,16H,5-9H2,1-4H3. The first-order valence-electron chi connectivity index (χ1n) is 6.12. The molecule has 5 heteroatoms. The summed E-state index contributed by atoms with van der Waals surface area (Å²) in [5.74, 6) is 0.153. The minimum absolute atomic E-state index is 0.0305. The van der Waals surface area contributed by atoms with Crippen LogP contribution in [0.4, 0.5) is 13.2 Å². The fraction of sp³-hybridized carbons (Fsp3) is 1.00. The second-order valence-electron chi connectivity index (χ2n) is 5.14. The van der Waals surface area contributed by atoms with Gasteiger partial charge >= 0.3 is 5.51 Å².